The summed E-state index contributed by atoms with van der Waals surface area (Å²) in [4.78, 5) is 12.2. The summed E-state index contributed by atoms with van der Waals surface area (Å²) in [5.74, 6) is -0.163. The molecule has 3 rings (SSSR count). The molecule has 96 valence electrons. The highest BCUT2D eigenvalue weighted by molar-refractivity contribution is 6.30. The molecule has 1 aliphatic heterocycles. The number of hydrogen-bond acceptors (Lipinski definition) is 2. The van der Waals surface area contributed by atoms with Gasteiger partial charge in [0.15, 0.2) is 0 Å². The molecule has 2 aromatic rings. The SMILES string of the molecule is N[C@@]1(Cc2ccc(Cl)cc2)C(=O)Nc2ccccc21. The normalized spacial score (nSPS) is 21.1. The van der Waals surface area contributed by atoms with Crippen molar-refractivity contribution in [2.24, 2.45) is 5.73 Å². The van der Waals surface area contributed by atoms with Gasteiger partial charge in [0.1, 0.15) is 5.54 Å². The van der Waals surface area contributed by atoms with Crippen LogP contribution in [0.25, 0.3) is 0 Å². The van der Waals surface area contributed by atoms with E-state index < -0.39 is 5.54 Å². The number of para-hydroxylation sites is 1. The number of nitrogens with two attached hydrogens (primary N) is 1. The van der Waals surface area contributed by atoms with Crippen LogP contribution in [0.15, 0.2) is 48.5 Å². The summed E-state index contributed by atoms with van der Waals surface area (Å²) >= 11 is 5.86. The number of rotatable bonds is 2. The van der Waals surface area contributed by atoms with Gasteiger partial charge in [0.25, 0.3) is 0 Å². The van der Waals surface area contributed by atoms with Crippen LogP contribution in [0.1, 0.15) is 11.1 Å². The van der Waals surface area contributed by atoms with Crippen LogP contribution in [0.5, 0.6) is 0 Å². The number of nitrogens with one attached hydrogen (secondary N) is 1. The molecule has 0 saturated heterocycles. The molecule has 2 aromatic carbocycles. The Morgan fingerprint density at radius 1 is 1.11 bits per heavy atom. The molecule has 19 heavy (non-hydrogen) atoms. The van der Waals surface area contributed by atoms with E-state index in [-0.39, 0.29) is 5.91 Å². The Hall–Kier alpha value is -1.84. The molecule has 1 amide bonds. The van der Waals surface area contributed by atoms with Crippen LogP contribution in [-0.4, -0.2) is 5.91 Å². The van der Waals surface area contributed by atoms with Crippen LogP contribution in [0, 0.1) is 0 Å². The lowest BCUT2D eigenvalue weighted by Gasteiger charge is -2.22. The Morgan fingerprint density at radius 3 is 2.53 bits per heavy atom. The fraction of sp³-hybridized carbons (Fsp3) is 0.133. The van der Waals surface area contributed by atoms with E-state index in [9.17, 15) is 4.79 Å². The number of hydrogen-bond donors (Lipinski definition) is 2. The molecule has 3 nitrogen and oxygen atoms in total. The zero-order chi connectivity index (χ0) is 13.5. The van der Waals surface area contributed by atoms with Crippen molar-refractivity contribution in [3.63, 3.8) is 0 Å². The Morgan fingerprint density at radius 2 is 1.79 bits per heavy atom. The van der Waals surface area contributed by atoms with Crippen LogP contribution >= 0.6 is 11.6 Å². The zero-order valence-electron chi connectivity index (χ0n) is 10.2. The third-order valence-corrected chi connectivity index (χ3v) is 3.71. The second-order valence-corrected chi connectivity index (χ2v) is 5.21. The molecule has 4 heteroatoms. The van der Waals surface area contributed by atoms with Crippen molar-refractivity contribution in [2.75, 3.05) is 5.32 Å². The number of anilines is 1. The Kier molecular flexibility index (Phi) is 2.81. The van der Waals surface area contributed by atoms with Crippen molar-refractivity contribution in [3.05, 3.63) is 64.7 Å². The van der Waals surface area contributed by atoms with Crippen LogP contribution in [0.3, 0.4) is 0 Å². The summed E-state index contributed by atoms with van der Waals surface area (Å²) in [6.45, 7) is 0. The molecule has 0 unspecified atom stereocenters. The summed E-state index contributed by atoms with van der Waals surface area (Å²) < 4.78 is 0. The van der Waals surface area contributed by atoms with E-state index >= 15 is 0 Å². The first kappa shape index (κ1) is 12.2. The number of carbonyl (C=O) groups is 1. The van der Waals surface area contributed by atoms with E-state index in [2.05, 4.69) is 5.32 Å². The maximum Gasteiger partial charge on any atom is 0.249 e. The smallest absolute Gasteiger partial charge is 0.249 e. The number of carbonyl (C=O) groups excluding carboxylic acids is 1. The summed E-state index contributed by atoms with van der Waals surface area (Å²) in [7, 11) is 0. The lowest BCUT2D eigenvalue weighted by molar-refractivity contribution is -0.120. The maximum absolute atomic E-state index is 12.2. The first-order valence-electron chi connectivity index (χ1n) is 6.04. The van der Waals surface area contributed by atoms with Crippen molar-refractivity contribution in [1.82, 2.24) is 0 Å². The van der Waals surface area contributed by atoms with Crippen LogP contribution < -0.4 is 11.1 Å². The molecule has 0 bridgehead atoms. The minimum Gasteiger partial charge on any atom is -0.324 e. The second kappa shape index (κ2) is 4.37. The summed E-state index contributed by atoms with van der Waals surface area (Å²) in [6, 6.07) is 14.9. The van der Waals surface area contributed by atoms with Gasteiger partial charge in [-0.3, -0.25) is 4.79 Å². The average Bonchev–Trinajstić information content (AvgIpc) is 2.65. The third kappa shape index (κ3) is 2.01. The molecule has 1 atom stereocenters. The average molecular weight is 273 g/mol. The second-order valence-electron chi connectivity index (χ2n) is 4.77. The standard InChI is InChI=1S/C15H13ClN2O/c16-11-7-5-10(6-8-11)9-15(17)12-3-1-2-4-13(12)18-14(15)19/h1-8H,9,17H2,(H,18,19)/t15-/m1/s1. The van der Waals surface area contributed by atoms with Crippen molar-refractivity contribution < 1.29 is 4.79 Å². The molecule has 0 aliphatic carbocycles. The Labute approximate surface area is 116 Å². The first-order valence-corrected chi connectivity index (χ1v) is 6.42. The van der Waals surface area contributed by atoms with E-state index in [1.54, 1.807) is 12.1 Å². The molecule has 3 N–H and O–H groups in total. The topological polar surface area (TPSA) is 55.1 Å². The molecular formula is C15H13ClN2O. The summed E-state index contributed by atoms with van der Waals surface area (Å²) in [5.41, 5.74) is 7.95. The minimum absolute atomic E-state index is 0.163. The van der Waals surface area contributed by atoms with Gasteiger partial charge in [-0.15, -0.1) is 0 Å². The van der Waals surface area contributed by atoms with E-state index in [0.717, 1.165) is 16.8 Å². The lowest BCUT2D eigenvalue weighted by Crippen LogP contribution is -2.45. The predicted molar refractivity (Wildman–Crippen MR) is 76.1 cm³/mol. The zero-order valence-corrected chi connectivity index (χ0v) is 10.9. The van der Waals surface area contributed by atoms with E-state index in [1.807, 2.05) is 36.4 Å². The van der Waals surface area contributed by atoms with Crippen LogP contribution in [0.2, 0.25) is 5.02 Å². The van der Waals surface area contributed by atoms with E-state index in [1.165, 1.54) is 0 Å². The number of fused-ring (bicyclic) bond motifs is 1. The number of benzene rings is 2. The minimum atomic E-state index is -1.01. The third-order valence-electron chi connectivity index (χ3n) is 3.46. The van der Waals surface area contributed by atoms with Gasteiger partial charge in [-0.05, 0) is 23.8 Å². The molecule has 1 heterocycles. The van der Waals surface area contributed by atoms with E-state index in [4.69, 9.17) is 17.3 Å². The quantitative estimate of drug-likeness (QED) is 0.883. The summed E-state index contributed by atoms with van der Waals surface area (Å²) in [5, 5.41) is 3.50. The van der Waals surface area contributed by atoms with E-state index in [0.29, 0.717) is 11.4 Å². The molecule has 0 radical (unpaired) electrons. The predicted octanol–water partition coefficient (Wildman–Crippen LogP) is 2.69. The Bertz CT molecular complexity index is 639. The van der Waals surface area contributed by atoms with Gasteiger partial charge in [-0.25, -0.2) is 0 Å². The van der Waals surface area contributed by atoms with Gasteiger partial charge in [0.2, 0.25) is 5.91 Å². The Balaban J connectivity index is 1.99. The fourth-order valence-corrected chi connectivity index (χ4v) is 2.56. The number of halogens is 1. The van der Waals surface area contributed by atoms with Gasteiger partial charge < -0.3 is 11.1 Å². The fourth-order valence-electron chi connectivity index (χ4n) is 2.44. The van der Waals surface area contributed by atoms with Crippen molar-refractivity contribution in [2.45, 2.75) is 12.0 Å². The molecular weight excluding hydrogens is 260 g/mol. The maximum atomic E-state index is 12.2. The molecule has 0 saturated carbocycles. The van der Waals surface area contributed by atoms with Gasteiger partial charge >= 0.3 is 0 Å². The summed E-state index contributed by atoms with van der Waals surface area (Å²) in [6.07, 6.45) is 0.451. The van der Waals surface area contributed by atoms with Gasteiger partial charge in [0.05, 0.1) is 0 Å². The molecule has 0 aromatic heterocycles. The van der Waals surface area contributed by atoms with Gasteiger partial charge in [-0.2, -0.15) is 0 Å². The highest BCUT2D eigenvalue weighted by Gasteiger charge is 2.43. The molecule has 0 fully saturated rings. The molecule has 1 aliphatic rings. The lowest BCUT2D eigenvalue weighted by atomic mass is 9.86. The number of amides is 1. The van der Waals surface area contributed by atoms with Crippen LogP contribution in [-0.2, 0) is 16.8 Å². The largest absolute Gasteiger partial charge is 0.324 e. The highest BCUT2D eigenvalue weighted by atomic mass is 35.5. The van der Waals surface area contributed by atoms with Crippen molar-refractivity contribution >= 4 is 23.2 Å². The monoisotopic (exact) mass is 272 g/mol. The highest BCUT2D eigenvalue weighted by Crippen LogP contribution is 2.36. The van der Waals surface area contributed by atoms with Gasteiger partial charge in [0, 0.05) is 22.7 Å². The van der Waals surface area contributed by atoms with Gasteiger partial charge in [-0.1, -0.05) is 41.9 Å². The van der Waals surface area contributed by atoms with Crippen molar-refractivity contribution in [3.8, 4) is 0 Å². The van der Waals surface area contributed by atoms with Crippen molar-refractivity contribution in [1.29, 1.82) is 0 Å². The molecule has 0 spiro atoms. The first-order chi connectivity index (χ1) is 9.09. The van der Waals surface area contributed by atoms with Crippen LogP contribution in [0.4, 0.5) is 5.69 Å².